The number of hydrogen-bond acceptors (Lipinski definition) is 1. The molecule has 132 valence electrons. The fourth-order valence-corrected chi connectivity index (χ4v) is 3.73. The van der Waals surface area contributed by atoms with E-state index in [1.807, 2.05) is 13.3 Å². The molecule has 0 radical (unpaired) electrons. The van der Waals surface area contributed by atoms with E-state index in [9.17, 15) is 4.57 Å². The highest BCUT2D eigenvalue weighted by molar-refractivity contribution is 7.62. The van der Waals surface area contributed by atoms with Crippen molar-refractivity contribution in [3.63, 3.8) is 0 Å². The molecule has 0 atom stereocenters. The van der Waals surface area contributed by atoms with E-state index in [-0.39, 0.29) is 0 Å². The largest absolute Gasteiger partial charge is 0.324 e. The highest BCUT2D eigenvalue weighted by atomic mass is 31.2. The zero-order valence-corrected chi connectivity index (χ0v) is 16.5. The summed E-state index contributed by atoms with van der Waals surface area (Å²) in [7, 11) is -1.76. The van der Waals surface area contributed by atoms with Gasteiger partial charge >= 0.3 is 0 Å². The van der Waals surface area contributed by atoms with Gasteiger partial charge in [-0.2, -0.15) is 0 Å². The molecule has 2 heteroatoms. The average Bonchev–Trinajstić information content (AvgIpc) is 2.45. The molecule has 0 rings (SSSR count). The lowest BCUT2D eigenvalue weighted by molar-refractivity contribution is 0.574. The maximum Gasteiger partial charge on any atom is 0.0819 e. The normalized spacial score (nSPS) is 12.3. The number of rotatable bonds is 16. The zero-order valence-electron chi connectivity index (χ0n) is 15.6. The number of allylic oxidation sites excluding steroid dienone is 2. The van der Waals surface area contributed by atoms with Gasteiger partial charge in [0, 0.05) is 6.16 Å². The van der Waals surface area contributed by atoms with E-state index in [0.29, 0.717) is 0 Å². The molecule has 0 aromatic carbocycles. The van der Waals surface area contributed by atoms with Crippen molar-refractivity contribution in [3.05, 3.63) is 12.2 Å². The minimum Gasteiger partial charge on any atom is -0.324 e. The zero-order chi connectivity index (χ0) is 16.5. The molecule has 0 aliphatic heterocycles. The third-order valence-electron chi connectivity index (χ3n) is 4.21. The van der Waals surface area contributed by atoms with Crippen molar-refractivity contribution in [2.45, 2.75) is 96.8 Å². The lowest BCUT2D eigenvalue weighted by Gasteiger charge is -2.05. The second-order valence-electron chi connectivity index (χ2n) is 7.24. The Morgan fingerprint density at radius 2 is 1.05 bits per heavy atom. The molecule has 0 unspecified atom stereocenters. The van der Waals surface area contributed by atoms with Crippen molar-refractivity contribution in [2.75, 3.05) is 19.5 Å². The Bertz CT molecular complexity index is 290. The van der Waals surface area contributed by atoms with Gasteiger partial charge in [0.1, 0.15) is 0 Å². The Balaban J connectivity index is 3.13. The summed E-state index contributed by atoms with van der Waals surface area (Å²) >= 11 is 0. The van der Waals surface area contributed by atoms with Crippen molar-refractivity contribution in [1.82, 2.24) is 0 Å². The van der Waals surface area contributed by atoms with E-state index in [0.717, 1.165) is 12.6 Å². The van der Waals surface area contributed by atoms with E-state index in [2.05, 4.69) is 19.1 Å². The maximum atomic E-state index is 11.6. The van der Waals surface area contributed by atoms with Crippen molar-refractivity contribution >= 4 is 7.14 Å². The van der Waals surface area contributed by atoms with Crippen LogP contribution in [0.3, 0.4) is 0 Å². The Morgan fingerprint density at radius 1 is 0.636 bits per heavy atom. The Hall–Kier alpha value is -0.0300. The van der Waals surface area contributed by atoms with Crippen LogP contribution in [0.2, 0.25) is 0 Å². The predicted octanol–water partition coefficient (Wildman–Crippen LogP) is 7.65. The molecule has 0 aliphatic carbocycles. The summed E-state index contributed by atoms with van der Waals surface area (Å²) in [5.74, 6) is 0. The summed E-state index contributed by atoms with van der Waals surface area (Å²) in [6.45, 7) is 6.09. The second-order valence-corrected chi connectivity index (χ2v) is 10.8. The van der Waals surface area contributed by atoms with Gasteiger partial charge in [-0.3, -0.25) is 0 Å². The van der Waals surface area contributed by atoms with Gasteiger partial charge in [0.2, 0.25) is 0 Å². The maximum absolute atomic E-state index is 11.6. The smallest absolute Gasteiger partial charge is 0.0819 e. The van der Waals surface area contributed by atoms with Crippen LogP contribution in [0.15, 0.2) is 12.2 Å². The van der Waals surface area contributed by atoms with E-state index < -0.39 is 7.14 Å². The van der Waals surface area contributed by atoms with Gasteiger partial charge in [-0.1, -0.05) is 76.9 Å². The first-order valence-corrected chi connectivity index (χ1v) is 12.5. The van der Waals surface area contributed by atoms with Crippen LogP contribution in [-0.2, 0) is 4.57 Å². The summed E-state index contributed by atoms with van der Waals surface area (Å²) in [4.78, 5) is 0. The van der Waals surface area contributed by atoms with Crippen molar-refractivity contribution in [2.24, 2.45) is 0 Å². The average molecular weight is 329 g/mol. The predicted molar refractivity (Wildman–Crippen MR) is 104 cm³/mol. The van der Waals surface area contributed by atoms with Crippen molar-refractivity contribution in [1.29, 1.82) is 0 Å². The molecule has 0 bridgehead atoms. The fourth-order valence-electron chi connectivity index (χ4n) is 2.74. The van der Waals surface area contributed by atoms with E-state index >= 15 is 0 Å². The summed E-state index contributed by atoms with van der Waals surface area (Å²) in [5.41, 5.74) is 0. The van der Waals surface area contributed by atoms with Crippen LogP contribution in [0.1, 0.15) is 96.8 Å². The molecular weight excluding hydrogens is 287 g/mol. The van der Waals surface area contributed by atoms with Crippen LogP contribution < -0.4 is 0 Å². The van der Waals surface area contributed by atoms with Crippen LogP contribution in [0.25, 0.3) is 0 Å². The van der Waals surface area contributed by atoms with Crippen LogP contribution in [0.4, 0.5) is 0 Å². The Kier molecular flexibility index (Phi) is 15.8. The molecular formula is C20H41OP. The summed E-state index contributed by atoms with van der Waals surface area (Å²) in [6, 6.07) is 0. The van der Waals surface area contributed by atoms with Gasteiger partial charge < -0.3 is 4.57 Å². The minimum absolute atomic E-state index is 0.939. The van der Waals surface area contributed by atoms with Gasteiger partial charge in [0.25, 0.3) is 0 Å². The molecule has 0 aromatic rings. The first kappa shape index (κ1) is 22.0. The van der Waals surface area contributed by atoms with Gasteiger partial charge in [0.15, 0.2) is 0 Å². The van der Waals surface area contributed by atoms with Crippen LogP contribution >= 0.6 is 7.14 Å². The topological polar surface area (TPSA) is 17.1 Å². The Labute approximate surface area is 140 Å². The number of unbranched alkanes of at least 4 members (excludes halogenated alkanes) is 12. The lowest BCUT2D eigenvalue weighted by atomic mass is 10.1. The molecule has 0 saturated carbocycles. The molecule has 0 aliphatic rings. The summed E-state index contributed by atoms with van der Waals surface area (Å²) in [6.07, 6.45) is 24.4. The lowest BCUT2D eigenvalue weighted by Crippen LogP contribution is -1.87. The molecule has 0 spiro atoms. The fraction of sp³-hybridized carbons (Fsp3) is 0.900. The van der Waals surface area contributed by atoms with Crippen LogP contribution in [-0.4, -0.2) is 19.5 Å². The highest BCUT2D eigenvalue weighted by Gasteiger charge is 2.05. The number of hydrogen-bond donors (Lipinski definition) is 0. The molecule has 0 heterocycles. The molecule has 22 heavy (non-hydrogen) atoms. The molecule has 0 saturated heterocycles. The Morgan fingerprint density at radius 3 is 1.50 bits per heavy atom. The third kappa shape index (κ3) is 20.0. The summed E-state index contributed by atoms with van der Waals surface area (Å²) in [5, 5.41) is 0. The van der Waals surface area contributed by atoms with Crippen molar-refractivity contribution < 1.29 is 4.57 Å². The highest BCUT2D eigenvalue weighted by Crippen LogP contribution is 2.36. The quantitative estimate of drug-likeness (QED) is 0.161. The third-order valence-corrected chi connectivity index (χ3v) is 5.60. The molecule has 0 fully saturated rings. The van der Waals surface area contributed by atoms with E-state index in [1.165, 1.54) is 83.5 Å². The van der Waals surface area contributed by atoms with Gasteiger partial charge in [-0.25, -0.2) is 0 Å². The molecule has 0 N–H and O–H groups in total. The molecule has 1 nitrogen and oxygen atoms in total. The second kappa shape index (κ2) is 15.9. The van der Waals surface area contributed by atoms with Gasteiger partial charge in [-0.05, 0) is 45.4 Å². The first-order chi connectivity index (χ1) is 10.6. The van der Waals surface area contributed by atoms with Crippen LogP contribution in [0.5, 0.6) is 0 Å². The van der Waals surface area contributed by atoms with Gasteiger partial charge in [0.05, 0.1) is 7.14 Å². The van der Waals surface area contributed by atoms with Crippen LogP contribution in [0, 0.1) is 0 Å². The standard InChI is InChI=1S/C20H41OP/c1-4-5-6-7-8-9-10-11-12-13-14-15-16-17-18-19-20-22(2,3)21/h11-12H,4-10,13-20H2,1-3H3. The minimum atomic E-state index is -1.76. The molecule has 0 amide bonds. The monoisotopic (exact) mass is 328 g/mol. The van der Waals surface area contributed by atoms with Crippen molar-refractivity contribution in [3.8, 4) is 0 Å². The summed E-state index contributed by atoms with van der Waals surface area (Å²) < 4.78 is 11.6. The first-order valence-electron chi connectivity index (χ1n) is 9.75. The molecule has 0 aromatic heterocycles. The SMILES string of the molecule is CCCCCCCCC=CCCCCCCCCP(C)(C)=O. The van der Waals surface area contributed by atoms with Gasteiger partial charge in [-0.15, -0.1) is 0 Å². The van der Waals surface area contributed by atoms with E-state index in [1.54, 1.807) is 0 Å². The van der Waals surface area contributed by atoms with E-state index in [4.69, 9.17) is 0 Å².